The summed E-state index contributed by atoms with van der Waals surface area (Å²) in [5, 5.41) is 0. The number of benzene rings is 1. The highest BCUT2D eigenvalue weighted by Gasteiger charge is 2.46. The second-order valence-corrected chi connectivity index (χ2v) is 8.27. The molecule has 1 saturated heterocycles. The van der Waals surface area contributed by atoms with E-state index in [-0.39, 0.29) is 6.04 Å². The summed E-state index contributed by atoms with van der Waals surface area (Å²) in [5.74, 6) is -4.03. The number of rotatable bonds is 4. The summed E-state index contributed by atoms with van der Waals surface area (Å²) in [7, 11) is -2.90. The van der Waals surface area contributed by atoms with Crippen molar-refractivity contribution in [2.75, 3.05) is 6.61 Å². The van der Waals surface area contributed by atoms with E-state index >= 15 is 0 Å². The number of halogens is 3. The minimum absolute atomic E-state index is 0.248. The van der Waals surface area contributed by atoms with Gasteiger partial charge in [-0.25, -0.2) is 0 Å². The van der Waals surface area contributed by atoms with E-state index in [4.69, 9.17) is 4.74 Å². The molecule has 19 heavy (non-hydrogen) atoms. The van der Waals surface area contributed by atoms with Crippen LogP contribution >= 0.6 is 0 Å². The molecule has 0 radical (unpaired) electrons. The van der Waals surface area contributed by atoms with Crippen LogP contribution in [-0.4, -0.2) is 26.9 Å². The van der Waals surface area contributed by atoms with Crippen LogP contribution in [0.3, 0.4) is 0 Å². The number of aryl methyl sites for hydroxylation is 1. The van der Waals surface area contributed by atoms with Gasteiger partial charge in [-0.05, 0) is 37.3 Å². The minimum atomic E-state index is -4.03. The molecule has 2 unspecified atom stereocenters. The van der Waals surface area contributed by atoms with Crippen molar-refractivity contribution < 1.29 is 17.9 Å². The van der Waals surface area contributed by atoms with Gasteiger partial charge in [0, 0.05) is 6.61 Å². The van der Waals surface area contributed by atoms with Gasteiger partial charge in [-0.15, -0.1) is 0 Å². The Morgan fingerprint density at radius 3 is 2.47 bits per heavy atom. The number of hydrogen-bond acceptors (Lipinski definition) is 1. The molecule has 0 amide bonds. The topological polar surface area (TPSA) is 9.23 Å². The van der Waals surface area contributed by atoms with Crippen molar-refractivity contribution in [3.8, 4) is 0 Å². The first-order valence-electron chi connectivity index (χ1n) is 6.79. The van der Waals surface area contributed by atoms with Gasteiger partial charge in [-0.1, -0.05) is 30.3 Å². The first-order chi connectivity index (χ1) is 9.07. The lowest BCUT2D eigenvalue weighted by Gasteiger charge is -2.30. The van der Waals surface area contributed by atoms with Crippen molar-refractivity contribution in [1.82, 2.24) is 0 Å². The lowest BCUT2D eigenvalue weighted by atomic mass is 10.2. The van der Waals surface area contributed by atoms with Gasteiger partial charge >= 0.3 is 5.80 Å². The van der Waals surface area contributed by atoms with Crippen LogP contribution in [-0.2, 0) is 11.2 Å². The van der Waals surface area contributed by atoms with Gasteiger partial charge in [0.25, 0.3) is 0 Å². The van der Waals surface area contributed by atoms with Crippen LogP contribution in [0.2, 0.25) is 6.04 Å². The van der Waals surface area contributed by atoms with E-state index in [9.17, 15) is 13.2 Å². The van der Waals surface area contributed by atoms with Crippen molar-refractivity contribution in [1.29, 1.82) is 0 Å². The van der Waals surface area contributed by atoms with Crippen molar-refractivity contribution in [2.24, 2.45) is 0 Å². The fourth-order valence-corrected chi connectivity index (χ4v) is 5.38. The second-order valence-electron chi connectivity index (χ2n) is 5.08. The third-order valence-corrected chi connectivity index (χ3v) is 6.85. The molecule has 0 aromatic heterocycles. The van der Waals surface area contributed by atoms with Crippen LogP contribution in [0, 0.1) is 0 Å². The Hall–Kier alpha value is -0.813. The Morgan fingerprint density at radius 1 is 1.16 bits per heavy atom. The van der Waals surface area contributed by atoms with Gasteiger partial charge in [0.05, 0.1) is 5.73 Å². The first-order valence-corrected chi connectivity index (χ1v) is 8.85. The fraction of sp³-hybridized carbons (Fsp3) is 0.571. The molecule has 2 atom stereocenters. The summed E-state index contributed by atoms with van der Waals surface area (Å²) < 4.78 is 45.0. The van der Waals surface area contributed by atoms with Gasteiger partial charge in [-0.2, -0.15) is 13.2 Å². The molecule has 5 heteroatoms. The maximum absolute atomic E-state index is 13.2. The predicted octanol–water partition coefficient (Wildman–Crippen LogP) is 3.67. The molecule has 0 spiro atoms. The molecule has 106 valence electrons. The van der Waals surface area contributed by atoms with Gasteiger partial charge in [0.1, 0.15) is 0 Å². The van der Waals surface area contributed by atoms with E-state index in [2.05, 4.69) is 0 Å². The molecular formula is C14H19F3OSi. The number of alkyl halides is 3. The molecule has 0 saturated carbocycles. The largest absolute Gasteiger partial charge is 0.382 e. The summed E-state index contributed by atoms with van der Waals surface area (Å²) in [6, 6.07) is 9.66. The Labute approximate surface area is 113 Å². The fourth-order valence-electron chi connectivity index (χ4n) is 2.61. The summed E-state index contributed by atoms with van der Waals surface area (Å²) in [6.07, 6.45) is 2.87. The van der Waals surface area contributed by atoms with E-state index in [1.165, 1.54) is 0 Å². The molecule has 1 aromatic rings. The number of hydrogen-bond donors (Lipinski definition) is 0. The maximum Gasteiger partial charge on any atom is 0.361 e. The van der Waals surface area contributed by atoms with Crippen molar-refractivity contribution in [2.45, 2.75) is 43.3 Å². The highest BCUT2D eigenvalue weighted by molar-refractivity contribution is 6.62. The van der Waals surface area contributed by atoms with Gasteiger partial charge in [0.15, 0.2) is 8.80 Å². The first kappa shape index (κ1) is 14.6. The van der Waals surface area contributed by atoms with Crippen LogP contribution in [0.1, 0.15) is 24.8 Å². The normalized spacial score (nSPS) is 22.2. The van der Waals surface area contributed by atoms with Crippen molar-refractivity contribution >= 4 is 8.80 Å². The molecule has 1 nitrogen and oxygen atoms in total. The van der Waals surface area contributed by atoms with Crippen LogP contribution in [0.5, 0.6) is 0 Å². The molecule has 1 aliphatic heterocycles. The van der Waals surface area contributed by atoms with Crippen LogP contribution in [0.15, 0.2) is 30.3 Å². The Balaban J connectivity index is 1.98. The second kappa shape index (κ2) is 6.57. The Kier molecular flexibility index (Phi) is 5.04. The molecule has 0 aliphatic carbocycles. The molecule has 1 aromatic carbocycles. The van der Waals surface area contributed by atoms with E-state index in [0.717, 1.165) is 18.4 Å². The number of ether oxygens (including phenoxy) is 1. The molecule has 0 bridgehead atoms. The molecule has 1 aliphatic rings. The SMILES string of the molecule is FC(F)(F)[SiH](CCc1ccccc1)C1CCCCO1. The van der Waals surface area contributed by atoms with Gasteiger partial charge in [0.2, 0.25) is 0 Å². The zero-order valence-corrected chi connectivity index (χ0v) is 12.0. The molecular weight excluding hydrogens is 269 g/mol. The zero-order valence-electron chi connectivity index (χ0n) is 10.8. The molecule has 1 fully saturated rings. The zero-order chi connectivity index (χ0) is 13.7. The Morgan fingerprint density at radius 2 is 1.89 bits per heavy atom. The highest BCUT2D eigenvalue weighted by Crippen LogP contribution is 2.30. The minimum Gasteiger partial charge on any atom is -0.382 e. The molecule has 2 rings (SSSR count). The standard InChI is InChI=1S/C14H19F3OSi/c15-14(16,17)19(13-8-4-5-10-18-13)11-9-12-6-2-1-3-7-12/h1-3,6-7,13,19H,4-5,8-11H2. The van der Waals surface area contributed by atoms with E-state index in [1.54, 1.807) is 0 Å². The highest BCUT2D eigenvalue weighted by atomic mass is 28.3. The van der Waals surface area contributed by atoms with Crippen molar-refractivity contribution in [3.05, 3.63) is 35.9 Å². The summed E-state index contributed by atoms with van der Waals surface area (Å²) in [4.78, 5) is 0. The van der Waals surface area contributed by atoms with E-state index in [1.807, 2.05) is 30.3 Å². The summed E-state index contributed by atoms with van der Waals surface area (Å²) in [5.41, 5.74) is 0.470. The maximum atomic E-state index is 13.2. The lowest BCUT2D eigenvalue weighted by molar-refractivity contribution is -0.0634. The van der Waals surface area contributed by atoms with Crippen LogP contribution in [0.4, 0.5) is 13.2 Å². The third kappa shape index (κ3) is 4.35. The van der Waals surface area contributed by atoms with Crippen molar-refractivity contribution in [3.63, 3.8) is 0 Å². The average molecular weight is 288 g/mol. The molecule has 1 heterocycles. The quantitative estimate of drug-likeness (QED) is 0.768. The van der Waals surface area contributed by atoms with Gasteiger partial charge in [-0.3, -0.25) is 0 Å². The van der Waals surface area contributed by atoms with E-state index in [0.29, 0.717) is 19.4 Å². The van der Waals surface area contributed by atoms with E-state index < -0.39 is 20.3 Å². The van der Waals surface area contributed by atoms with Crippen LogP contribution < -0.4 is 0 Å². The lowest BCUT2D eigenvalue weighted by Crippen LogP contribution is -2.47. The van der Waals surface area contributed by atoms with Crippen LogP contribution in [0.25, 0.3) is 0 Å². The average Bonchev–Trinajstić information content (AvgIpc) is 2.40. The summed E-state index contributed by atoms with van der Waals surface area (Å²) >= 11 is 0. The molecule has 0 N–H and O–H groups in total. The Bertz CT molecular complexity index is 374. The smallest absolute Gasteiger partial charge is 0.361 e. The summed E-state index contributed by atoms with van der Waals surface area (Å²) in [6.45, 7) is 0.496. The monoisotopic (exact) mass is 288 g/mol. The third-order valence-electron chi connectivity index (χ3n) is 3.67. The van der Waals surface area contributed by atoms with Gasteiger partial charge < -0.3 is 4.74 Å². The predicted molar refractivity (Wildman–Crippen MR) is 71.7 cm³/mol.